The van der Waals surface area contributed by atoms with Gasteiger partial charge in [-0.2, -0.15) is 13.2 Å². The van der Waals surface area contributed by atoms with Crippen molar-refractivity contribution in [3.8, 4) is 0 Å². The van der Waals surface area contributed by atoms with Gasteiger partial charge in [0, 0.05) is 25.6 Å². The van der Waals surface area contributed by atoms with Gasteiger partial charge in [-0.05, 0) is 38.2 Å². The number of thioether (sulfide) groups is 1. The number of piperidine rings is 1. The van der Waals surface area contributed by atoms with Crippen molar-refractivity contribution >= 4 is 17.7 Å². The summed E-state index contributed by atoms with van der Waals surface area (Å²) in [5.74, 6) is 0.179. The minimum atomic E-state index is -4.56. The van der Waals surface area contributed by atoms with E-state index in [0.717, 1.165) is 29.9 Å². The highest BCUT2D eigenvalue weighted by molar-refractivity contribution is 7.98. The zero-order valence-electron chi connectivity index (χ0n) is 15.2. The third kappa shape index (κ3) is 3.97. The molecule has 0 unspecified atom stereocenters. The summed E-state index contributed by atoms with van der Waals surface area (Å²) in [6.07, 6.45) is -1.09. The third-order valence-electron chi connectivity index (χ3n) is 4.78. The normalized spacial score (nSPS) is 18.0. The largest absolute Gasteiger partial charge is 0.417 e. The van der Waals surface area contributed by atoms with Crippen molar-refractivity contribution in [3.05, 3.63) is 41.2 Å². The van der Waals surface area contributed by atoms with Gasteiger partial charge in [-0.25, -0.2) is 0 Å². The summed E-state index contributed by atoms with van der Waals surface area (Å²) in [5, 5.41) is 9.26. The molecule has 1 aromatic heterocycles. The molecule has 1 saturated heterocycles. The molecule has 0 aliphatic carbocycles. The van der Waals surface area contributed by atoms with E-state index in [2.05, 4.69) is 10.2 Å². The minimum absolute atomic E-state index is 0.0332. The molecule has 1 aliphatic rings. The Hall–Kier alpha value is -2.03. The van der Waals surface area contributed by atoms with Crippen LogP contribution in [0.5, 0.6) is 0 Å². The van der Waals surface area contributed by atoms with Gasteiger partial charge in [0.25, 0.3) is 5.91 Å². The molecule has 1 aliphatic heterocycles. The molecule has 5 nitrogen and oxygen atoms in total. The van der Waals surface area contributed by atoms with Crippen LogP contribution in [0, 0.1) is 0 Å². The number of hydrogen-bond acceptors (Lipinski definition) is 4. The molecule has 2 aromatic rings. The van der Waals surface area contributed by atoms with E-state index in [4.69, 9.17) is 0 Å². The molecule has 3 rings (SSSR count). The molecule has 146 valence electrons. The van der Waals surface area contributed by atoms with Crippen LogP contribution in [0.4, 0.5) is 13.2 Å². The molecule has 0 saturated carbocycles. The number of aromatic nitrogens is 3. The molecular formula is C18H21F3N4OS. The predicted molar refractivity (Wildman–Crippen MR) is 96.8 cm³/mol. The second-order valence-electron chi connectivity index (χ2n) is 6.42. The van der Waals surface area contributed by atoms with Gasteiger partial charge in [0.2, 0.25) is 0 Å². The summed E-state index contributed by atoms with van der Waals surface area (Å²) in [6, 6.07) is 4.96. The van der Waals surface area contributed by atoms with Crippen LogP contribution in [-0.2, 0) is 12.7 Å². The van der Waals surface area contributed by atoms with E-state index in [-0.39, 0.29) is 11.5 Å². The van der Waals surface area contributed by atoms with Crippen molar-refractivity contribution in [2.24, 2.45) is 0 Å². The van der Waals surface area contributed by atoms with Crippen LogP contribution >= 0.6 is 11.8 Å². The van der Waals surface area contributed by atoms with Crippen LogP contribution in [-0.4, -0.2) is 44.9 Å². The van der Waals surface area contributed by atoms with E-state index in [9.17, 15) is 18.0 Å². The monoisotopic (exact) mass is 398 g/mol. The zero-order chi connectivity index (χ0) is 19.6. The minimum Gasteiger partial charge on any atom is -0.338 e. The van der Waals surface area contributed by atoms with Gasteiger partial charge < -0.3 is 9.47 Å². The van der Waals surface area contributed by atoms with E-state index in [1.165, 1.54) is 34.9 Å². The fraction of sp³-hybridized carbons (Fsp3) is 0.500. The smallest absolute Gasteiger partial charge is 0.338 e. The van der Waals surface area contributed by atoms with E-state index >= 15 is 0 Å². The Morgan fingerprint density at radius 3 is 2.70 bits per heavy atom. The number of rotatable bonds is 4. The summed E-state index contributed by atoms with van der Waals surface area (Å²) < 4.78 is 41.8. The second-order valence-corrected chi connectivity index (χ2v) is 7.20. The standard InChI is InChI=1S/C18H21F3N4OS/c1-3-25-15(22-23-17(25)27-2)12-7-6-10-24(11-12)16(26)13-8-4-5-9-14(13)18(19,20)21/h4-5,8-9,12H,3,6-7,10-11H2,1-2H3/t12-/m1/s1. The van der Waals surface area contributed by atoms with Gasteiger partial charge in [0.1, 0.15) is 5.82 Å². The molecule has 27 heavy (non-hydrogen) atoms. The molecular weight excluding hydrogens is 377 g/mol. The molecule has 0 N–H and O–H groups in total. The lowest BCUT2D eigenvalue weighted by molar-refractivity contribution is -0.138. The van der Waals surface area contributed by atoms with Crippen molar-refractivity contribution in [2.45, 2.75) is 43.6 Å². The Kier molecular flexibility index (Phi) is 5.78. The number of halogens is 3. The average molecular weight is 398 g/mol. The SMILES string of the molecule is CCn1c(SC)nnc1[C@@H]1CCCN(C(=O)c2ccccc2C(F)(F)F)C1. The second kappa shape index (κ2) is 7.92. The van der Waals surface area contributed by atoms with Crippen molar-refractivity contribution in [1.29, 1.82) is 0 Å². The lowest BCUT2D eigenvalue weighted by Crippen LogP contribution is -2.40. The van der Waals surface area contributed by atoms with Crippen LogP contribution in [0.2, 0.25) is 0 Å². The number of nitrogens with zero attached hydrogens (tertiary/aromatic N) is 4. The first-order chi connectivity index (χ1) is 12.9. The number of alkyl halides is 3. The van der Waals surface area contributed by atoms with Crippen LogP contribution < -0.4 is 0 Å². The van der Waals surface area contributed by atoms with E-state index in [1.807, 2.05) is 17.7 Å². The predicted octanol–water partition coefficient (Wildman–Crippen LogP) is 4.06. The highest BCUT2D eigenvalue weighted by atomic mass is 32.2. The van der Waals surface area contributed by atoms with Gasteiger partial charge in [0.15, 0.2) is 5.16 Å². The van der Waals surface area contributed by atoms with Crippen LogP contribution in [0.15, 0.2) is 29.4 Å². The van der Waals surface area contributed by atoms with Gasteiger partial charge in [0.05, 0.1) is 11.1 Å². The molecule has 0 bridgehead atoms. The summed E-state index contributed by atoms with van der Waals surface area (Å²) in [5.41, 5.74) is -1.19. The van der Waals surface area contributed by atoms with Crippen molar-refractivity contribution in [1.82, 2.24) is 19.7 Å². The molecule has 1 aromatic carbocycles. The number of likely N-dealkylation sites (tertiary alicyclic amines) is 1. The molecule has 0 spiro atoms. The highest BCUT2D eigenvalue weighted by Crippen LogP contribution is 2.34. The third-order valence-corrected chi connectivity index (χ3v) is 5.45. The first kappa shape index (κ1) is 19.7. The van der Waals surface area contributed by atoms with Gasteiger partial charge >= 0.3 is 6.18 Å². The van der Waals surface area contributed by atoms with Crippen LogP contribution in [0.25, 0.3) is 0 Å². The fourth-order valence-corrected chi connectivity index (χ4v) is 4.08. The van der Waals surface area contributed by atoms with Gasteiger partial charge in [-0.1, -0.05) is 23.9 Å². The lowest BCUT2D eigenvalue weighted by Gasteiger charge is -2.33. The molecule has 1 atom stereocenters. The topological polar surface area (TPSA) is 51.0 Å². The highest BCUT2D eigenvalue weighted by Gasteiger charge is 2.37. The van der Waals surface area contributed by atoms with Gasteiger partial charge in [-0.15, -0.1) is 10.2 Å². The molecule has 9 heteroatoms. The van der Waals surface area contributed by atoms with Crippen molar-refractivity contribution in [2.75, 3.05) is 19.3 Å². The summed E-state index contributed by atoms with van der Waals surface area (Å²) in [7, 11) is 0. The van der Waals surface area contributed by atoms with Gasteiger partial charge in [-0.3, -0.25) is 4.79 Å². The Bertz CT molecular complexity index is 821. The number of carbonyl (C=O) groups is 1. The van der Waals surface area contributed by atoms with E-state index < -0.39 is 17.6 Å². The maximum Gasteiger partial charge on any atom is 0.417 e. The number of carbonyl (C=O) groups excluding carboxylic acids is 1. The van der Waals surface area contributed by atoms with Crippen molar-refractivity contribution in [3.63, 3.8) is 0 Å². The average Bonchev–Trinajstić information content (AvgIpc) is 3.10. The number of amides is 1. The summed E-state index contributed by atoms with van der Waals surface area (Å²) >= 11 is 1.50. The lowest BCUT2D eigenvalue weighted by atomic mass is 9.95. The zero-order valence-corrected chi connectivity index (χ0v) is 16.0. The molecule has 0 radical (unpaired) electrons. The Morgan fingerprint density at radius 1 is 1.30 bits per heavy atom. The summed E-state index contributed by atoms with van der Waals surface area (Å²) in [4.78, 5) is 14.3. The Balaban J connectivity index is 1.85. The van der Waals surface area contributed by atoms with E-state index in [0.29, 0.717) is 19.6 Å². The Morgan fingerprint density at radius 2 is 2.04 bits per heavy atom. The maximum atomic E-state index is 13.3. The molecule has 2 heterocycles. The quantitative estimate of drug-likeness (QED) is 0.729. The Labute approximate surface area is 160 Å². The van der Waals surface area contributed by atoms with E-state index in [1.54, 1.807) is 0 Å². The van der Waals surface area contributed by atoms with Crippen LogP contribution in [0.1, 0.15) is 47.4 Å². The fourth-order valence-electron chi connectivity index (χ4n) is 3.51. The first-order valence-corrected chi connectivity index (χ1v) is 10.0. The summed E-state index contributed by atoms with van der Waals surface area (Å²) in [6.45, 7) is 3.49. The van der Waals surface area contributed by atoms with Crippen LogP contribution in [0.3, 0.4) is 0 Å². The van der Waals surface area contributed by atoms with Crippen molar-refractivity contribution < 1.29 is 18.0 Å². The molecule has 1 fully saturated rings. The number of hydrogen-bond donors (Lipinski definition) is 0. The number of benzene rings is 1. The molecule has 1 amide bonds. The first-order valence-electron chi connectivity index (χ1n) is 8.79. The maximum absolute atomic E-state index is 13.3.